The van der Waals surface area contributed by atoms with Crippen LogP contribution in [-0.4, -0.2) is 20.6 Å². The van der Waals surface area contributed by atoms with Crippen molar-refractivity contribution in [2.24, 2.45) is 0 Å². The summed E-state index contributed by atoms with van der Waals surface area (Å²) < 4.78 is 40.6. The monoisotopic (exact) mass is 588 g/mol. The number of aliphatic carboxylic acids is 1. The van der Waals surface area contributed by atoms with Gasteiger partial charge < -0.3 is 9.67 Å². The predicted octanol–water partition coefficient (Wildman–Crippen LogP) is 9.51. The highest BCUT2D eigenvalue weighted by molar-refractivity contribution is 6.33. The maximum absolute atomic E-state index is 12.9. The van der Waals surface area contributed by atoms with Crippen LogP contribution in [-0.2, 0) is 17.5 Å². The summed E-state index contributed by atoms with van der Waals surface area (Å²) in [5, 5.41) is 9.83. The van der Waals surface area contributed by atoms with Crippen LogP contribution in [0.5, 0.6) is 0 Å². The van der Waals surface area contributed by atoms with Gasteiger partial charge in [0.05, 0.1) is 21.9 Å². The highest BCUT2D eigenvalue weighted by Crippen LogP contribution is 2.32. The zero-order valence-corrected chi connectivity index (χ0v) is 23.7. The second kappa shape index (κ2) is 12.9. The third kappa shape index (κ3) is 7.56. The summed E-state index contributed by atoms with van der Waals surface area (Å²) in [7, 11) is 0. The summed E-state index contributed by atoms with van der Waals surface area (Å²) in [6, 6.07) is 18.3. The van der Waals surface area contributed by atoms with E-state index in [2.05, 4.69) is 6.58 Å². The van der Waals surface area contributed by atoms with Crippen molar-refractivity contribution in [1.82, 2.24) is 9.55 Å². The topological polar surface area (TPSA) is 55.1 Å². The molecule has 4 nitrogen and oxygen atoms in total. The number of aryl methyl sites for hydroxylation is 1. The Morgan fingerprint density at radius 1 is 1.00 bits per heavy atom. The first-order chi connectivity index (χ1) is 19.9. The first-order valence-electron chi connectivity index (χ1n) is 13.0. The summed E-state index contributed by atoms with van der Waals surface area (Å²) in [6.45, 7) is 7.84. The van der Waals surface area contributed by atoms with Gasteiger partial charge >= 0.3 is 12.1 Å². The molecule has 1 N–H and O–H groups in total. The Morgan fingerprint density at radius 2 is 1.64 bits per heavy atom. The lowest BCUT2D eigenvalue weighted by Gasteiger charge is -2.08. The highest BCUT2D eigenvalue weighted by Gasteiger charge is 2.29. The Kier molecular flexibility index (Phi) is 9.33. The molecule has 0 saturated heterocycles. The molecule has 0 bridgehead atoms. The smallest absolute Gasteiger partial charge is 0.416 e. The fourth-order valence-electron chi connectivity index (χ4n) is 4.24. The van der Waals surface area contributed by atoms with E-state index in [1.54, 1.807) is 6.08 Å². The fourth-order valence-corrected chi connectivity index (χ4v) is 4.57. The van der Waals surface area contributed by atoms with E-state index in [9.17, 15) is 23.1 Å². The van der Waals surface area contributed by atoms with Gasteiger partial charge in [-0.2, -0.15) is 13.2 Å². The maximum Gasteiger partial charge on any atom is 0.416 e. The van der Waals surface area contributed by atoms with E-state index in [4.69, 9.17) is 16.6 Å². The molecule has 0 amide bonds. The van der Waals surface area contributed by atoms with Gasteiger partial charge in [0.2, 0.25) is 0 Å². The van der Waals surface area contributed by atoms with Gasteiger partial charge in [0.25, 0.3) is 0 Å². The predicted molar refractivity (Wildman–Crippen MR) is 163 cm³/mol. The molecule has 0 aliphatic heterocycles. The van der Waals surface area contributed by atoms with E-state index in [0.29, 0.717) is 28.6 Å². The van der Waals surface area contributed by atoms with Crippen molar-refractivity contribution in [3.63, 3.8) is 0 Å². The SMILES string of the molecule is C=C/C(=C\C=C(/C)Cn1cc(-c2ccc(C)cc2Cl)nc1/C=C/c1ccc(-c2ccc(C(F)(F)F)cc2)cc1)C(=O)O. The van der Waals surface area contributed by atoms with Crippen LogP contribution in [0.15, 0.2) is 109 Å². The van der Waals surface area contributed by atoms with E-state index < -0.39 is 17.7 Å². The van der Waals surface area contributed by atoms with E-state index in [0.717, 1.165) is 40.0 Å². The fraction of sp³-hybridized carbons (Fsp3) is 0.118. The van der Waals surface area contributed by atoms with Crippen molar-refractivity contribution in [1.29, 1.82) is 0 Å². The van der Waals surface area contributed by atoms with Crippen LogP contribution in [0.1, 0.15) is 29.4 Å². The van der Waals surface area contributed by atoms with Crippen LogP contribution in [0.3, 0.4) is 0 Å². The standard InChI is InChI=1S/C34H28ClF3N2O2/c1-4-25(33(41)42)10-5-23(3)20-40-21-31(29-17-6-22(2)19-30(29)35)39-32(40)18-9-24-7-11-26(12-8-24)27-13-15-28(16-14-27)34(36,37)38/h4-19,21H,1,20H2,2-3H3,(H,41,42)/b18-9+,23-5+,25-10+. The lowest BCUT2D eigenvalue weighted by Crippen LogP contribution is -2.03. The zero-order valence-electron chi connectivity index (χ0n) is 23.0. The average Bonchev–Trinajstić information content (AvgIpc) is 3.33. The third-order valence-corrected chi connectivity index (χ3v) is 6.84. The number of alkyl halides is 3. The molecule has 0 unspecified atom stereocenters. The normalized spacial score (nSPS) is 12.6. The van der Waals surface area contributed by atoms with Crippen molar-refractivity contribution >= 4 is 29.7 Å². The minimum atomic E-state index is -4.37. The number of aromatic nitrogens is 2. The molecule has 42 heavy (non-hydrogen) atoms. The zero-order chi connectivity index (χ0) is 30.4. The number of hydrogen-bond donors (Lipinski definition) is 1. The van der Waals surface area contributed by atoms with Crippen molar-refractivity contribution in [2.75, 3.05) is 0 Å². The van der Waals surface area contributed by atoms with E-state index in [1.807, 2.05) is 79.2 Å². The quantitative estimate of drug-likeness (QED) is 0.156. The number of allylic oxidation sites excluding steroid dienone is 3. The molecular weight excluding hydrogens is 561 g/mol. The maximum atomic E-state index is 12.9. The molecular formula is C34H28ClF3N2O2. The number of nitrogens with zero attached hydrogens (tertiary/aromatic N) is 2. The Balaban J connectivity index is 1.62. The molecule has 3 aromatic carbocycles. The van der Waals surface area contributed by atoms with Gasteiger partial charge in [-0.25, -0.2) is 9.78 Å². The van der Waals surface area contributed by atoms with Gasteiger partial charge in [0.15, 0.2) is 0 Å². The average molecular weight is 589 g/mol. The molecule has 4 rings (SSSR count). The largest absolute Gasteiger partial charge is 0.478 e. The molecule has 214 valence electrons. The number of carboxylic acid groups (broad SMARTS) is 1. The van der Waals surface area contributed by atoms with E-state index in [1.165, 1.54) is 24.3 Å². The van der Waals surface area contributed by atoms with Crippen LogP contribution >= 0.6 is 11.6 Å². The summed E-state index contributed by atoms with van der Waals surface area (Å²) in [5.41, 5.74) is 5.18. The number of benzene rings is 3. The van der Waals surface area contributed by atoms with Gasteiger partial charge in [-0.1, -0.05) is 90.5 Å². The number of halogens is 4. The molecule has 0 saturated carbocycles. The minimum Gasteiger partial charge on any atom is -0.478 e. The second-order valence-electron chi connectivity index (χ2n) is 9.77. The molecule has 0 spiro atoms. The van der Waals surface area contributed by atoms with Crippen LogP contribution < -0.4 is 0 Å². The lowest BCUT2D eigenvalue weighted by atomic mass is 10.0. The number of carbonyl (C=O) groups is 1. The Bertz CT molecular complexity index is 1690. The molecule has 1 aromatic heterocycles. The van der Waals surface area contributed by atoms with Crippen molar-refractivity contribution < 1.29 is 23.1 Å². The van der Waals surface area contributed by atoms with Gasteiger partial charge in [-0.05, 0) is 66.5 Å². The second-order valence-corrected chi connectivity index (χ2v) is 10.2. The number of carboxylic acids is 1. The molecule has 1 heterocycles. The van der Waals surface area contributed by atoms with Crippen molar-refractivity contribution in [3.05, 3.63) is 136 Å². The Morgan fingerprint density at radius 3 is 2.21 bits per heavy atom. The van der Waals surface area contributed by atoms with Gasteiger partial charge in [-0.3, -0.25) is 0 Å². The Hall–Kier alpha value is -4.62. The number of hydrogen-bond acceptors (Lipinski definition) is 2. The Labute approximate surface area is 247 Å². The first kappa shape index (κ1) is 30.3. The van der Waals surface area contributed by atoms with Gasteiger partial charge in [-0.15, -0.1) is 0 Å². The lowest BCUT2D eigenvalue weighted by molar-refractivity contribution is -0.137. The van der Waals surface area contributed by atoms with Crippen molar-refractivity contribution in [2.45, 2.75) is 26.6 Å². The van der Waals surface area contributed by atoms with E-state index >= 15 is 0 Å². The van der Waals surface area contributed by atoms with Crippen molar-refractivity contribution in [3.8, 4) is 22.4 Å². The highest BCUT2D eigenvalue weighted by atomic mass is 35.5. The van der Waals surface area contributed by atoms with Crippen LogP contribution in [0.2, 0.25) is 5.02 Å². The number of imidazole rings is 1. The van der Waals surface area contributed by atoms with Gasteiger partial charge in [0, 0.05) is 18.3 Å². The van der Waals surface area contributed by atoms with Crippen LogP contribution in [0.4, 0.5) is 13.2 Å². The molecule has 0 aliphatic carbocycles. The van der Waals surface area contributed by atoms with Crippen LogP contribution in [0, 0.1) is 6.92 Å². The molecule has 4 aromatic rings. The summed E-state index contributed by atoms with van der Waals surface area (Å²) in [5.74, 6) is -0.395. The first-order valence-corrected chi connectivity index (χ1v) is 13.3. The summed E-state index contributed by atoms with van der Waals surface area (Å²) in [6.07, 6.45) is 5.82. The third-order valence-electron chi connectivity index (χ3n) is 6.52. The van der Waals surface area contributed by atoms with E-state index in [-0.39, 0.29) is 5.57 Å². The molecule has 0 fully saturated rings. The van der Waals surface area contributed by atoms with Gasteiger partial charge in [0.1, 0.15) is 5.82 Å². The summed E-state index contributed by atoms with van der Waals surface area (Å²) in [4.78, 5) is 16.1. The minimum absolute atomic E-state index is 0.0898. The molecule has 8 heteroatoms. The van der Waals surface area contributed by atoms with Crippen LogP contribution in [0.25, 0.3) is 34.5 Å². The molecule has 0 atom stereocenters. The molecule has 0 aliphatic rings. The number of rotatable bonds is 9. The molecule has 0 radical (unpaired) electrons. The summed E-state index contributed by atoms with van der Waals surface area (Å²) >= 11 is 6.52.